The smallest absolute Gasteiger partial charge is 0.160 e. The molecule has 0 N–H and O–H groups in total. The van der Waals surface area contributed by atoms with Crippen LogP contribution in [0.15, 0.2) is 17.3 Å². The average molecular weight is 258 g/mol. The molecule has 0 saturated heterocycles. The van der Waals surface area contributed by atoms with Crippen molar-refractivity contribution in [2.75, 3.05) is 13.6 Å². The molecule has 0 aliphatic carbocycles. The van der Waals surface area contributed by atoms with Crippen LogP contribution in [0.1, 0.15) is 19.5 Å². The van der Waals surface area contributed by atoms with Gasteiger partial charge in [-0.2, -0.15) is 0 Å². The molecule has 1 aromatic heterocycles. The Morgan fingerprint density at radius 2 is 2.29 bits per heavy atom. The van der Waals surface area contributed by atoms with E-state index in [1.807, 2.05) is 11.9 Å². The maximum atomic E-state index is 12.9. The molecule has 0 radical (unpaired) electrons. The zero-order valence-electron chi connectivity index (χ0n) is 10.3. The third-order valence-corrected chi connectivity index (χ3v) is 2.32. The van der Waals surface area contributed by atoms with Gasteiger partial charge in [-0.25, -0.2) is 4.39 Å². The molecule has 5 heteroatoms. The van der Waals surface area contributed by atoms with Crippen LogP contribution in [-0.4, -0.2) is 29.8 Å². The first-order valence-electron chi connectivity index (χ1n) is 5.49. The molecule has 1 rings (SSSR count). The highest BCUT2D eigenvalue weighted by Crippen LogP contribution is 2.14. The molecule has 0 spiro atoms. The number of aromatic nitrogens is 1. The highest BCUT2D eigenvalue weighted by Gasteiger charge is 2.03. The van der Waals surface area contributed by atoms with Gasteiger partial charge < -0.3 is 4.90 Å². The second-order valence-electron chi connectivity index (χ2n) is 4.38. The van der Waals surface area contributed by atoms with Crippen molar-refractivity contribution in [2.24, 2.45) is 10.9 Å². The minimum Gasteiger partial charge on any atom is -0.360 e. The topological polar surface area (TPSA) is 28.5 Å². The SMILES string of the molecule is CC(C)CN=CN(C)Cc1cc(Cl)c(F)cn1. The molecule has 0 bridgehead atoms. The van der Waals surface area contributed by atoms with Gasteiger partial charge in [-0.3, -0.25) is 9.98 Å². The largest absolute Gasteiger partial charge is 0.360 e. The summed E-state index contributed by atoms with van der Waals surface area (Å²) in [6.45, 7) is 5.57. The van der Waals surface area contributed by atoms with Gasteiger partial charge >= 0.3 is 0 Å². The van der Waals surface area contributed by atoms with Crippen LogP contribution in [0.25, 0.3) is 0 Å². The highest BCUT2D eigenvalue weighted by molar-refractivity contribution is 6.30. The third kappa shape index (κ3) is 5.13. The van der Waals surface area contributed by atoms with E-state index in [0.29, 0.717) is 12.5 Å². The minimum absolute atomic E-state index is 0.0996. The van der Waals surface area contributed by atoms with Crippen molar-refractivity contribution in [2.45, 2.75) is 20.4 Å². The average Bonchev–Trinajstić information content (AvgIpc) is 2.23. The van der Waals surface area contributed by atoms with E-state index in [1.165, 1.54) is 6.07 Å². The van der Waals surface area contributed by atoms with Crippen LogP contribution < -0.4 is 0 Å². The van der Waals surface area contributed by atoms with Crippen LogP contribution in [0, 0.1) is 11.7 Å². The predicted octanol–water partition coefficient (Wildman–Crippen LogP) is 2.99. The van der Waals surface area contributed by atoms with Crippen molar-refractivity contribution in [3.05, 3.63) is 28.8 Å². The van der Waals surface area contributed by atoms with E-state index in [2.05, 4.69) is 23.8 Å². The lowest BCUT2D eigenvalue weighted by molar-refractivity contribution is 0.500. The maximum Gasteiger partial charge on any atom is 0.160 e. The van der Waals surface area contributed by atoms with Crippen molar-refractivity contribution >= 4 is 17.9 Å². The zero-order valence-corrected chi connectivity index (χ0v) is 11.1. The maximum absolute atomic E-state index is 12.9. The zero-order chi connectivity index (χ0) is 12.8. The van der Waals surface area contributed by atoms with E-state index < -0.39 is 5.82 Å². The van der Waals surface area contributed by atoms with Crippen molar-refractivity contribution in [1.29, 1.82) is 0 Å². The van der Waals surface area contributed by atoms with E-state index in [1.54, 1.807) is 6.34 Å². The Labute approximate surface area is 106 Å². The number of hydrogen-bond donors (Lipinski definition) is 0. The van der Waals surface area contributed by atoms with Crippen molar-refractivity contribution in [3.63, 3.8) is 0 Å². The van der Waals surface area contributed by atoms with E-state index in [0.717, 1.165) is 18.4 Å². The fourth-order valence-corrected chi connectivity index (χ4v) is 1.41. The van der Waals surface area contributed by atoms with E-state index >= 15 is 0 Å². The molecule has 0 aromatic carbocycles. The fourth-order valence-electron chi connectivity index (χ4n) is 1.23. The van der Waals surface area contributed by atoms with Crippen molar-refractivity contribution in [3.8, 4) is 0 Å². The second-order valence-corrected chi connectivity index (χ2v) is 4.79. The lowest BCUT2D eigenvalue weighted by Crippen LogP contribution is -2.17. The Bertz CT molecular complexity index is 393. The van der Waals surface area contributed by atoms with Gasteiger partial charge in [0, 0.05) is 13.6 Å². The molecule has 0 fully saturated rings. The highest BCUT2D eigenvalue weighted by atomic mass is 35.5. The Balaban J connectivity index is 2.53. The molecule has 0 atom stereocenters. The van der Waals surface area contributed by atoms with E-state index in [4.69, 9.17) is 11.6 Å². The van der Waals surface area contributed by atoms with E-state index in [9.17, 15) is 4.39 Å². The Morgan fingerprint density at radius 3 is 2.88 bits per heavy atom. The van der Waals surface area contributed by atoms with Gasteiger partial charge in [-0.05, 0) is 12.0 Å². The summed E-state index contributed by atoms with van der Waals surface area (Å²) in [7, 11) is 1.89. The molecular formula is C12H17ClFN3. The quantitative estimate of drug-likeness (QED) is 0.599. The van der Waals surface area contributed by atoms with Gasteiger partial charge in [0.05, 0.1) is 29.8 Å². The monoisotopic (exact) mass is 257 g/mol. The molecule has 17 heavy (non-hydrogen) atoms. The normalized spacial score (nSPS) is 11.4. The number of aliphatic imine (C=N–C) groups is 1. The molecule has 0 amide bonds. The number of hydrogen-bond acceptors (Lipinski definition) is 2. The Kier molecular flexibility index (Phi) is 5.35. The van der Waals surface area contributed by atoms with Gasteiger partial charge in [0.1, 0.15) is 0 Å². The third-order valence-electron chi connectivity index (χ3n) is 2.03. The molecule has 1 heterocycles. The second kappa shape index (κ2) is 6.55. The summed E-state index contributed by atoms with van der Waals surface area (Å²) >= 11 is 5.68. The first-order chi connectivity index (χ1) is 7.99. The Morgan fingerprint density at radius 1 is 1.59 bits per heavy atom. The molecule has 0 aliphatic heterocycles. The predicted molar refractivity (Wildman–Crippen MR) is 68.9 cm³/mol. The number of halogens is 2. The lowest BCUT2D eigenvalue weighted by atomic mass is 10.2. The molecule has 94 valence electrons. The summed E-state index contributed by atoms with van der Waals surface area (Å²) in [6, 6.07) is 1.53. The van der Waals surface area contributed by atoms with Crippen LogP contribution in [0.4, 0.5) is 4.39 Å². The summed E-state index contributed by atoms with van der Waals surface area (Å²) in [4.78, 5) is 10.1. The first kappa shape index (κ1) is 13.9. The van der Waals surface area contributed by atoms with Crippen LogP contribution in [0.2, 0.25) is 5.02 Å². The molecule has 1 aromatic rings. The molecule has 3 nitrogen and oxygen atoms in total. The fraction of sp³-hybridized carbons (Fsp3) is 0.500. The molecule has 0 unspecified atom stereocenters. The summed E-state index contributed by atoms with van der Waals surface area (Å²) in [6.07, 6.45) is 2.90. The number of rotatable bonds is 5. The number of nitrogens with zero attached hydrogens (tertiary/aromatic N) is 3. The van der Waals surface area contributed by atoms with E-state index in [-0.39, 0.29) is 5.02 Å². The van der Waals surface area contributed by atoms with Crippen LogP contribution in [-0.2, 0) is 6.54 Å². The standard InChI is InChI=1S/C12H17ClFN3/c1-9(2)5-15-8-17(3)7-10-4-11(13)12(14)6-16-10/h4,6,8-9H,5,7H2,1-3H3. The van der Waals surface area contributed by atoms with Gasteiger partial charge in [0.25, 0.3) is 0 Å². The summed E-state index contributed by atoms with van der Waals surface area (Å²) in [5.41, 5.74) is 0.717. The van der Waals surface area contributed by atoms with Gasteiger partial charge in [0.2, 0.25) is 0 Å². The molecule has 0 aliphatic rings. The Hall–Kier alpha value is -1.16. The van der Waals surface area contributed by atoms with Gasteiger partial charge in [0.15, 0.2) is 5.82 Å². The van der Waals surface area contributed by atoms with Crippen LogP contribution >= 0.6 is 11.6 Å². The van der Waals surface area contributed by atoms with Crippen molar-refractivity contribution < 1.29 is 4.39 Å². The summed E-state index contributed by atoms with van der Waals surface area (Å²) in [5, 5.41) is 0.0996. The van der Waals surface area contributed by atoms with Gasteiger partial charge in [-0.1, -0.05) is 25.4 Å². The lowest BCUT2D eigenvalue weighted by Gasteiger charge is -2.12. The minimum atomic E-state index is -0.494. The van der Waals surface area contributed by atoms with Crippen LogP contribution in [0.3, 0.4) is 0 Å². The first-order valence-corrected chi connectivity index (χ1v) is 5.87. The van der Waals surface area contributed by atoms with Crippen molar-refractivity contribution in [1.82, 2.24) is 9.88 Å². The van der Waals surface area contributed by atoms with Crippen LogP contribution in [0.5, 0.6) is 0 Å². The molecule has 0 saturated carbocycles. The summed E-state index contributed by atoms with van der Waals surface area (Å²) < 4.78 is 12.9. The number of pyridine rings is 1. The molecular weight excluding hydrogens is 241 g/mol. The summed E-state index contributed by atoms with van der Waals surface area (Å²) in [5.74, 6) is 0.0459. The van der Waals surface area contributed by atoms with Gasteiger partial charge in [-0.15, -0.1) is 0 Å².